The molecule has 0 aromatic rings. The summed E-state index contributed by atoms with van der Waals surface area (Å²) in [4.78, 5) is 2.39. The summed E-state index contributed by atoms with van der Waals surface area (Å²) in [6.07, 6.45) is 2.41. The normalized spacial score (nSPS) is 31.6. The summed E-state index contributed by atoms with van der Waals surface area (Å²) in [5.41, 5.74) is 0. The lowest BCUT2D eigenvalue weighted by Gasteiger charge is -2.45. The van der Waals surface area contributed by atoms with Crippen LogP contribution in [0.1, 0.15) is 34.1 Å². The monoisotopic (exact) mass is 248 g/mol. The third-order valence-corrected chi connectivity index (χ3v) is 4.95. The van der Waals surface area contributed by atoms with Crippen LogP contribution in [0.2, 0.25) is 0 Å². The largest absolute Gasteiger partial charge is 0.298 e. The average Bonchev–Trinajstić information content (AvgIpc) is 2.13. The van der Waals surface area contributed by atoms with Crippen LogP contribution in [0.15, 0.2) is 0 Å². The molecular formula is C11H24N2O2S. The average molecular weight is 248 g/mol. The van der Waals surface area contributed by atoms with Gasteiger partial charge < -0.3 is 0 Å². The van der Waals surface area contributed by atoms with Crippen molar-refractivity contribution >= 4 is 10.0 Å². The van der Waals surface area contributed by atoms with Gasteiger partial charge in [0.25, 0.3) is 0 Å². The number of sulfonamides is 1. The smallest absolute Gasteiger partial charge is 0.211 e. The minimum Gasteiger partial charge on any atom is -0.298 e. The summed E-state index contributed by atoms with van der Waals surface area (Å²) in [6.45, 7) is 10.0. The molecule has 1 aliphatic heterocycles. The predicted molar refractivity (Wildman–Crippen MR) is 66.9 cm³/mol. The standard InChI is InChI=1S/C11H24N2O2S/c1-6-9(2)12-7-10(3)13(11(4)8-12)16(5,14)15/h9-11H,6-8H2,1-5H3/t9?,10-,11+. The summed E-state index contributed by atoms with van der Waals surface area (Å²) in [5, 5.41) is 0. The van der Waals surface area contributed by atoms with E-state index in [0.29, 0.717) is 6.04 Å². The van der Waals surface area contributed by atoms with Gasteiger partial charge in [0.2, 0.25) is 10.0 Å². The Morgan fingerprint density at radius 2 is 1.69 bits per heavy atom. The summed E-state index contributed by atoms with van der Waals surface area (Å²) in [5.74, 6) is 0. The van der Waals surface area contributed by atoms with Crippen LogP contribution in [0.3, 0.4) is 0 Å². The molecule has 4 nitrogen and oxygen atoms in total. The fourth-order valence-corrected chi connectivity index (χ4v) is 4.06. The summed E-state index contributed by atoms with van der Waals surface area (Å²) < 4.78 is 25.0. The zero-order chi connectivity index (χ0) is 12.5. The van der Waals surface area contributed by atoms with Gasteiger partial charge in [0, 0.05) is 31.2 Å². The van der Waals surface area contributed by atoms with E-state index in [4.69, 9.17) is 0 Å². The molecule has 0 amide bonds. The van der Waals surface area contributed by atoms with Gasteiger partial charge in [-0.05, 0) is 27.2 Å². The second-order valence-electron chi connectivity index (χ2n) is 5.00. The lowest BCUT2D eigenvalue weighted by molar-refractivity contribution is 0.0724. The van der Waals surface area contributed by atoms with E-state index in [-0.39, 0.29) is 12.1 Å². The van der Waals surface area contributed by atoms with Crippen LogP contribution in [-0.4, -0.2) is 55.1 Å². The van der Waals surface area contributed by atoms with Gasteiger partial charge in [-0.2, -0.15) is 4.31 Å². The van der Waals surface area contributed by atoms with Gasteiger partial charge >= 0.3 is 0 Å². The first kappa shape index (κ1) is 13.9. The molecule has 0 bridgehead atoms. The Morgan fingerprint density at radius 3 is 2.00 bits per heavy atom. The lowest BCUT2D eigenvalue weighted by atomic mass is 10.1. The quantitative estimate of drug-likeness (QED) is 0.752. The first-order valence-electron chi connectivity index (χ1n) is 6.00. The highest BCUT2D eigenvalue weighted by atomic mass is 32.2. The minimum atomic E-state index is -3.07. The van der Waals surface area contributed by atoms with Gasteiger partial charge in [0.05, 0.1) is 6.26 Å². The summed E-state index contributed by atoms with van der Waals surface area (Å²) in [7, 11) is -3.07. The topological polar surface area (TPSA) is 40.6 Å². The fourth-order valence-electron chi connectivity index (χ4n) is 2.62. The minimum absolute atomic E-state index is 0.0766. The SMILES string of the molecule is CCC(C)N1C[C@@H](C)N(S(C)(=O)=O)[C@@H](C)C1. The van der Waals surface area contributed by atoms with Crippen LogP contribution in [0.4, 0.5) is 0 Å². The van der Waals surface area contributed by atoms with Crippen molar-refractivity contribution < 1.29 is 8.42 Å². The Labute approximate surface area is 99.7 Å². The molecule has 0 aromatic carbocycles. The molecule has 0 radical (unpaired) electrons. The maximum atomic E-state index is 11.7. The highest BCUT2D eigenvalue weighted by molar-refractivity contribution is 7.88. The Hall–Kier alpha value is -0.130. The molecule has 0 N–H and O–H groups in total. The molecule has 3 atom stereocenters. The molecule has 16 heavy (non-hydrogen) atoms. The third kappa shape index (κ3) is 2.96. The van der Waals surface area contributed by atoms with Gasteiger partial charge in [-0.25, -0.2) is 8.42 Å². The molecule has 1 fully saturated rings. The molecule has 5 heteroatoms. The fraction of sp³-hybridized carbons (Fsp3) is 1.00. The van der Waals surface area contributed by atoms with Crippen molar-refractivity contribution in [1.82, 2.24) is 9.21 Å². The van der Waals surface area contributed by atoms with Crippen molar-refractivity contribution in [2.24, 2.45) is 0 Å². The maximum Gasteiger partial charge on any atom is 0.211 e. The molecule has 0 aliphatic carbocycles. The number of piperazine rings is 1. The van der Waals surface area contributed by atoms with E-state index in [1.807, 2.05) is 13.8 Å². The van der Waals surface area contributed by atoms with E-state index in [9.17, 15) is 8.42 Å². The second kappa shape index (κ2) is 5.02. The van der Waals surface area contributed by atoms with Crippen molar-refractivity contribution in [3.05, 3.63) is 0 Å². The van der Waals surface area contributed by atoms with Crippen LogP contribution in [0.5, 0.6) is 0 Å². The highest BCUT2D eigenvalue weighted by Gasteiger charge is 2.36. The van der Waals surface area contributed by atoms with Gasteiger partial charge in [0.1, 0.15) is 0 Å². The van der Waals surface area contributed by atoms with Crippen LogP contribution in [0, 0.1) is 0 Å². The van der Waals surface area contributed by atoms with Crippen molar-refractivity contribution in [3.8, 4) is 0 Å². The Morgan fingerprint density at radius 1 is 1.25 bits per heavy atom. The van der Waals surface area contributed by atoms with E-state index in [1.54, 1.807) is 4.31 Å². The summed E-state index contributed by atoms with van der Waals surface area (Å²) >= 11 is 0. The molecule has 0 spiro atoms. The highest BCUT2D eigenvalue weighted by Crippen LogP contribution is 2.21. The van der Waals surface area contributed by atoms with Crippen LogP contribution < -0.4 is 0 Å². The Balaban J connectivity index is 2.79. The molecular weight excluding hydrogens is 224 g/mol. The first-order chi connectivity index (χ1) is 7.27. The van der Waals surface area contributed by atoms with Crippen molar-refractivity contribution in [2.75, 3.05) is 19.3 Å². The number of rotatable bonds is 3. The molecule has 1 aliphatic rings. The van der Waals surface area contributed by atoms with Crippen LogP contribution in [-0.2, 0) is 10.0 Å². The van der Waals surface area contributed by atoms with Gasteiger partial charge in [-0.1, -0.05) is 6.92 Å². The maximum absolute atomic E-state index is 11.7. The molecule has 1 rings (SSSR count). The lowest BCUT2D eigenvalue weighted by Crippen LogP contribution is -2.59. The van der Waals surface area contributed by atoms with Gasteiger partial charge in [0.15, 0.2) is 0 Å². The van der Waals surface area contributed by atoms with E-state index in [1.165, 1.54) is 6.26 Å². The van der Waals surface area contributed by atoms with Crippen LogP contribution in [0.25, 0.3) is 0 Å². The van der Waals surface area contributed by atoms with Crippen molar-refractivity contribution in [1.29, 1.82) is 0 Å². The van der Waals surface area contributed by atoms with Crippen molar-refractivity contribution in [3.63, 3.8) is 0 Å². The molecule has 1 saturated heterocycles. The van der Waals surface area contributed by atoms with E-state index in [2.05, 4.69) is 18.7 Å². The van der Waals surface area contributed by atoms with Crippen molar-refractivity contribution in [2.45, 2.75) is 52.2 Å². The van der Waals surface area contributed by atoms with Crippen LogP contribution >= 0.6 is 0 Å². The van der Waals surface area contributed by atoms with E-state index < -0.39 is 10.0 Å². The molecule has 96 valence electrons. The Bertz CT molecular complexity index is 317. The number of hydrogen-bond acceptors (Lipinski definition) is 3. The molecule has 1 heterocycles. The number of nitrogens with zero attached hydrogens (tertiary/aromatic N) is 2. The number of hydrogen-bond donors (Lipinski definition) is 0. The molecule has 0 saturated carbocycles. The zero-order valence-electron chi connectivity index (χ0n) is 11.0. The molecule has 0 aromatic heterocycles. The molecule has 1 unspecified atom stereocenters. The second-order valence-corrected chi connectivity index (χ2v) is 6.89. The zero-order valence-corrected chi connectivity index (χ0v) is 11.8. The predicted octanol–water partition coefficient (Wildman–Crippen LogP) is 1.14. The van der Waals surface area contributed by atoms with Gasteiger partial charge in [-0.3, -0.25) is 4.90 Å². The summed E-state index contributed by atoms with van der Waals surface area (Å²) in [6, 6.07) is 0.687. The van der Waals surface area contributed by atoms with E-state index >= 15 is 0 Å². The Kier molecular flexibility index (Phi) is 4.37. The first-order valence-corrected chi connectivity index (χ1v) is 7.84. The van der Waals surface area contributed by atoms with E-state index in [0.717, 1.165) is 19.5 Å². The third-order valence-electron chi connectivity index (χ3n) is 3.46. The van der Waals surface area contributed by atoms with Gasteiger partial charge in [-0.15, -0.1) is 0 Å².